The Bertz CT molecular complexity index is 1050. The molecule has 2 saturated heterocycles. The number of hydrogen-bond acceptors (Lipinski definition) is 4. The first-order valence-corrected chi connectivity index (χ1v) is 10.1. The van der Waals surface area contributed by atoms with Crippen LogP contribution in [0.15, 0.2) is 42.5 Å². The molecule has 4 aliphatic rings. The summed E-state index contributed by atoms with van der Waals surface area (Å²) in [7, 11) is 0. The Labute approximate surface area is 181 Å². The van der Waals surface area contributed by atoms with Crippen LogP contribution in [-0.4, -0.2) is 41.2 Å². The monoisotopic (exact) mass is 425 g/mol. The van der Waals surface area contributed by atoms with Crippen molar-refractivity contribution in [3.8, 4) is 0 Å². The first-order chi connectivity index (χ1) is 14.0. The summed E-state index contributed by atoms with van der Waals surface area (Å²) < 4.78 is 0. The van der Waals surface area contributed by atoms with E-state index in [2.05, 4.69) is 0 Å². The molecule has 3 aliphatic heterocycles. The number of piperidine rings is 2. The van der Waals surface area contributed by atoms with Crippen LogP contribution < -0.4 is 10.6 Å². The number of halogens is 1. The number of carbonyl (C=O) groups excluding carboxylic acids is 3. The maximum absolute atomic E-state index is 13.2. The van der Waals surface area contributed by atoms with Gasteiger partial charge in [-0.2, -0.15) is 0 Å². The third-order valence-electron chi connectivity index (χ3n) is 6.58. The second-order valence-corrected chi connectivity index (χ2v) is 8.36. The van der Waals surface area contributed by atoms with Crippen molar-refractivity contribution in [3.05, 3.63) is 64.7 Å². The zero-order valence-electron chi connectivity index (χ0n) is 16.7. The van der Waals surface area contributed by atoms with Gasteiger partial charge in [0.15, 0.2) is 0 Å². The molecule has 30 heavy (non-hydrogen) atoms. The lowest BCUT2D eigenvalue weighted by Crippen LogP contribution is -2.60. The molecule has 1 saturated carbocycles. The van der Waals surface area contributed by atoms with Crippen molar-refractivity contribution in [2.24, 2.45) is 11.7 Å². The molecule has 3 atom stereocenters. The van der Waals surface area contributed by atoms with E-state index in [1.807, 2.05) is 24.0 Å². The van der Waals surface area contributed by atoms with Gasteiger partial charge in [-0.1, -0.05) is 18.2 Å². The summed E-state index contributed by atoms with van der Waals surface area (Å²) in [6, 6.07) is 12.2. The number of carbonyl (C=O) groups is 3. The zero-order chi connectivity index (χ0) is 20.3. The summed E-state index contributed by atoms with van der Waals surface area (Å²) in [5.74, 6) is -0.386. The fourth-order valence-electron chi connectivity index (χ4n) is 5.05. The van der Waals surface area contributed by atoms with E-state index >= 15 is 0 Å². The van der Waals surface area contributed by atoms with Gasteiger partial charge in [0.05, 0.1) is 16.8 Å². The molecule has 0 radical (unpaired) electrons. The van der Waals surface area contributed by atoms with Crippen molar-refractivity contribution in [1.29, 1.82) is 0 Å². The van der Waals surface area contributed by atoms with Gasteiger partial charge in [-0.15, -0.1) is 12.4 Å². The summed E-state index contributed by atoms with van der Waals surface area (Å²) in [6.07, 6.45) is 3.02. The van der Waals surface area contributed by atoms with Crippen LogP contribution in [0.3, 0.4) is 0 Å². The predicted molar refractivity (Wildman–Crippen MR) is 116 cm³/mol. The topological polar surface area (TPSA) is 83.7 Å². The number of fused-ring (bicyclic) bond motifs is 4. The van der Waals surface area contributed by atoms with Crippen LogP contribution in [0.25, 0.3) is 0 Å². The molecule has 2 aromatic carbocycles. The van der Waals surface area contributed by atoms with Gasteiger partial charge in [0.25, 0.3) is 17.7 Å². The second-order valence-electron chi connectivity index (χ2n) is 8.36. The van der Waals surface area contributed by atoms with Crippen LogP contribution in [0.5, 0.6) is 0 Å². The first-order valence-electron chi connectivity index (χ1n) is 10.1. The quantitative estimate of drug-likeness (QED) is 0.749. The predicted octanol–water partition coefficient (Wildman–Crippen LogP) is 3.17. The summed E-state index contributed by atoms with van der Waals surface area (Å²) >= 11 is 0. The lowest BCUT2D eigenvalue weighted by molar-refractivity contribution is 0.0249. The molecule has 6 nitrogen and oxygen atoms in total. The molecule has 2 N–H and O–H groups in total. The SMILES string of the molecule is Cc1ccccc1N1C(=O)c2ccc(C(=O)N3CC4CCC3C(N)C4)cc2C1=O.Cl. The van der Waals surface area contributed by atoms with Crippen molar-refractivity contribution < 1.29 is 14.4 Å². The minimum atomic E-state index is -0.384. The largest absolute Gasteiger partial charge is 0.334 e. The Balaban J connectivity index is 0.00000218. The van der Waals surface area contributed by atoms with Crippen LogP contribution in [0.2, 0.25) is 0 Å². The van der Waals surface area contributed by atoms with E-state index in [4.69, 9.17) is 5.73 Å². The number of amides is 3. The fourth-order valence-corrected chi connectivity index (χ4v) is 5.05. The van der Waals surface area contributed by atoms with E-state index in [1.54, 1.807) is 30.3 Å². The molecule has 2 bridgehead atoms. The van der Waals surface area contributed by atoms with E-state index < -0.39 is 0 Å². The van der Waals surface area contributed by atoms with Gasteiger partial charge in [-0.25, -0.2) is 4.90 Å². The first kappa shape index (κ1) is 20.6. The Morgan fingerprint density at radius 1 is 1.03 bits per heavy atom. The standard InChI is InChI=1S/C23H23N3O3.ClH/c1-13-4-2-3-5-19(13)26-22(28)16-8-7-15(11-17(16)23(26)29)21(27)25-12-14-6-9-20(25)18(24)10-14;/h2-5,7-8,11,14,18,20H,6,9-10,12,24H2,1H3;1H. The Hall–Kier alpha value is -2.70. The van der Waals surface area contributed by atoms with Gasteiger partial charge in [-0.3, -0.25) is 14.4 Å². The number of rotatable bonds is 2. The maximum Gasteiger partial charge on any atom is 0.266 e. The molecule has 6 rings (SSSR count). The van der Waals surface area contributed by atoms with Crippen molar-refractivity contribution in [1.82, 2.24) is 4.90 Å². The molecule has 1 aliphatic carbocycles. The molecule has 2 aromatic rings. The maximum atomic E-state index is 13.2. The molecule has 3 amide bonds. The Morgan fingerprint density at radius 3 is 2.47 bits per heavy atom. The number of anilines is 1. The van der Waals surface area contributed by atoms with Crippen LogP contribution in [-0.2, 0) is 0 Å². The van der Waals surface area contributed by atoms with Crippen LogP contribution in [0.4, 0.5) is 5.69 Å². The van der Waals surface area contributed by atoms with Gasteiger partial charge in [0.2, 0.25) is 0 Å². The smallest absolute Gasteiger partial charge is 0.266 e. The molecular formula is C23H24ClN3O3. The number of para-hydroxylation sites is 1. The molecule has 3 heterocycles. The average molecular weight is 426 g/mol. The number of aryl methyl sites for hydroxylation is 1. The van der Waals surface area contributed by atoms with E-state index in [1.165, 1.54) is 4.90 Å². The van der Waals surface area contributed by atoms with Crippen molar-refractivity contribution in [2.45, 2.75) is 38.3 Å². The lowest BCUT2D eigenvalue weighted by atomic mass is 9.76. The lowest BCUT2D eigenvalue weighted by Gasteiger charge is -2.48. The highest BCUT2D eigenvalue weighted by Gasteiger charge is 2.42. The van der Waals surface area contributed by atoms with Crippen molar-refractivity contribution >= 4 is 35.8 Å². The highest BCUT2D eigenvalue weighted by atomic mass is 35.5. The van der Waals surface area contributed by atoms with Gasteiger partial charge in [0, 0.05) is 24.2 Å². The third kappa shape index (κ3) is 3.02. The Morgan fingerprint density at radius 2 is 1.77 bits per heavy atom. The van der Waals surface area contributed by atoms with E-state index in [0.717, 1.165) is 31.4 Å². The number of nitrogens with zero attached hydrogens (tertiary/aromatic N) is 2. The van der Waals surface area contributed by atoms with Crippen LogP contribution in [0.1, 0.15) is 55.9 Å². The molecular weight excluding hydrogens is 402 g/mol. The molecule has 0 aromatic heterocycles. The summed E-state index contributed by atoms with van der Waals surface area (Å²) in [5, 5.41) is 0. The van der Waals surface area contributed by atoms with E-state index in [0.29, 0.717) is 22.7 Å². The summed E-state index contributed by atoms with van der Waals surface area (Å²) in [5.41, 5.74) is 8.74. The molecule has 156 valence electrons. The third-order valence-corrected chi connectivity index (χ3v) is 6.58. The van der Waals surface area contributed by atoms with Gasteiger partial charge >= 0.3 is 0 Å². The number of hydrogen-bond donors (Lipinski definition) is 1. The van der Waals surface area contributed by atoms with E-state index in [9.17, 15) is 14.4 Å². The molecule has 3 fully saturated rings. The molecule has 0 spiro atoms. The highest BCUT2D eigenvalue weighted by Crippen LogP contribution is 2.36. The minimum Gasteiger partial charge on any atom is -0.334 e. The van der Waals surface area contributed by atoms with Crippen LogP contribution in [0, 0.1) is 12.8 Å². The fraction of sp³-hybridized carbons (Fsp3) is 0.348. The minimum absolute atomic E-state index is 0. The van der Waals surface area contributed by atoms with Gasteiger partial charge in [-0.05, 0) is 61.9 Å². The van der Waals surface area contributed by atoms with E-state index in [-0.39, 0.29) is 47.8 Å². The normalized spacial score (nSPS) is 24.7. The highest BCUT2D eigenvalue weighted by molar-refractivity contribution is 6.35. The molecule has 3 unspecified atom stereocenters. The van der Waals surface area contributed by atoms with Gasteiger partial charge < -0.3 is 10.6 Å². The summed E-state index contributed by atoms with van der Waals surface area (Å²) in [4.78, 5) is 42.2. The number of nitrogens with two attached hydrogens (primary N) is 1. The number of imide groups is 1. The van der Waals surface area contributed by atoms with Gasteiger partial charge in [0.1, 0.15) is 0 Å². The average Bonchev–Trinajstić information content (AvgIpc) is 2.98. The molecule has 7 heteroatoms. The number of benzene rings is 2. The second kappa shape index (κ2) is 7.52. The zero-order valence-corrected chi connectivity index (χ0v) is 17.5. The Kier molecular flexibility index (Phi) is 5.16. The van der Waals surface area contributed by atoms with Crippen molar-refractivity contribution in [2.75, 3.05) is 11.4 Å². The van der Waals surface area contributed by atoms with Crippen LogP contribution >= 0.6 is 12.4 Å². The summed E-state index contributed by atoms with van der Waals surface area (Å²) in [6.45, 7) is 2.58. The van der Waals surface area contributed by atoms with Crippen molar-refractivity contribution in [3.63, 3.8) is 0 Å².